The molecule has 0 unspecified atom stereocenters. The fraction of sp³-hybridized carbons (Fsp3) is 0.329. The maximum absolute atomic E-state index is 12.2. The van der Waals surface area contributed by atoms with Crippen LogP contribution < -0.4 is 49.7 Å². The van der Waals surface area contributed by atoms with Gasteiger partial charge in [-0.1, -0.05) is 121 Å². The van der Waals surface area contributed by atoms with Crippen LogP contribution in [-0.4, -0.2) is 190 Å². The number of methoxy groups -OCH3 is 7. The third-order valence-electron chi connectivity index (χ3n) is 20.4. The third kappa shape index (κ3) is 20.5. The zero-order valence-electron chi connectivity index (χ0n) is 65.7. The number of benzene rings is 6. The number of aromatic nitrogens is 6. The van der Waals surface area contributed by atoms with Crippen LogP contribution in [0.1, 0.15) is 37.8 Å². The molecule has 2 aliphatic heterocycles. The monoisotopic (exact) mass is 1680 g/mol. The Kier molecular flexibility index (Phi) is 30.2. The van der Waals surface area contributed by atoms with E-state index in [0.717, 1.165) is 80.1 Å². The van der Waals surface area contributed by atoms with E-state index in [2.05, 4.69) is 80.6 Å². The molecule has 0 spiro atoms. The highest BCUT2D eigenvalue weighted by molar-refractivity contribution is 6.42. The van der Waals surface area contributed by atoms with E-state index in [0.29, 0.717) is 157 Å². The van der Waals surface area contributed by atoms with Gasteiger partial charge in [0, 0.05) is 171 Å². The number of rotatable bonds is 29. The first kappa shape index (κ1) is 87.1. The summed E-state index contributed by atoms with van der Waals surface area (Å²) in [5, 5.41) is 17.4. The van der Waals surface area contributed by atoms with Crippen LogP contribution in [-0.2, 0) is 36.7 Å². The zero-order chi connectivity index (χ0) is 83.1. The number of carbonyl (C=O) groups is 3. The van der Waals surface area contributed by atoms with Gasteiger partial charge in [0.15, 0.2) is 5.88 Å². The minimum atomic E-state index is -0.220. The standard InChI is InChI=1S/C29H33Cl2N5O3.2C28H30Cl2N4O4/c1-7-25(37)33-22-13-17(16(2)36(3)4)8-11-21(22)35-29-32-15-19-12-18(9-10-20(19)34-29)26-27(30)23(38-5)14-24(39-6)28(26)31;1-6-25(35)33-21-14-34(16(2)15-36-3)13-19(21)10-24-31-12-18-9-17(7-8-20(18)32-24)26-27(29)22(37-4)11-23(38-5)28(26)30;1-6-25(35)33-21-15-34(16(3)38-7-2)14-19(21)11-24-31-13-18-10-17(8-9-20(18)32-24)26-27(29)22(36-4)12-23(37-5)28(26)30/h7,9-10,12,14-15,17,21-22H,1-2,8,11,13H2,3-6H3,(H,33,37)(H,32,34,35);6-9,11-12,19,21H,1-2,10,13-15H2,3-5H3,(H,33,35);6,8-10,12-13,19,21H,1,3,7,11,14-15H2,2,4-5H3,(H,33,35)/t17-,21-,22+;2*19-,21+/m111/s1. The molecule has 3 aliphatic rings. The molecule has 1 aliphatic carbocycles. The van der Waals surface area contributed by atoms with E-state index in [1.54, 1.807) is 72.3 Å². The highest BCUT2D eigenvalue weighted by Crippen LogP contribution is 2.50. The average molecular weight is 1690 g/mol. The zero-order valence-corrected chi connectivity index (χ0v) is 70.3. The van der Waals surface area contributed by atoms with Gasteiger partial charge in [0.25, 0.3) is 0 Å². The molecule has 6 aromatic carbocycles. The number of nitrogens with zero attached hydrogens (tertiary/aromatic N) is 9. The van der Waals surface area contributed by atoms with Crippen molar-refractivity contribution in [3.8, 4) is 67.9 Å². The van der Waals surface area contributed by atoms with Crippen molar-refractivity contribution < 1.29 is 52.3 Å². The van der Waals surface area contributed by atoms with E-state index in [1.807, 2.05) is 85.4 Å². The number of anilines is 1. The molecule has 3 aromatic heterocycles. The summed E-state index contributed by atoms with van der Waals surface area (Å²) in [6, 6.07) is 21.8. The lowest BCUT2D eigenvalue weighted by Gasteiger charge is -2.39. The van der Waals surface area contributed by atoms with Crippen LogP contribution in [0.2, 0.25) is 30.1 Å². The van der Waals surface area contributed by atoms with Crippen molar-refractivity contribution in [2.75, 3.05) is 109 Å². The Morgan fingerprint density at radius 1 is 0.496 bits per heavy atom. The van der Waals surface area contributed by atoms with Crippen LogP contribution in [0.3, 0.4) is 0 Å². The molecule has 12 rings (SSSR count). The summed E-state index contributed by atoms with van der Waals surface area (Å²) < 4.78 is 43.3. The summed E-state index contributed by atoms with van der Waals surface area (Å²) in [6.45, 7) is 28.6. The smallest absolute Gasteiger partial charge is 0.243 e. The number of hydrogen-bond acceptors (Lipinski definition) is 21. The van der Waals surface area contributed by atoms with E-state index < -0.39 is 0 Å². The number of hydrogen-bond donors (Lipinski definition) is 4. The first-order chi connectivity index (χ1) is 55.2. The van der Waals surface area contributed by atoms with E-state index >= 15 is 0 Å². The SMILES string of the molecule is C=CC(=O)N[C@H]1CN(C(=C)COC)C[C@H]1Cc1ncc2cc(-c3c(Cl)c(OC)cc(OC)c3Cl)ccc2n1.C=CC(=O)N[C@H]1CN(C(=C)OCC)C[C@H]1Cc1ncc2cc(-c3c(Cl)c(OC)cc(OC)c3Cl)ccc2n1.C=CC(=O)N[C@H]1C[C@H](C(=C)N(C)C)CC[C@H]1Nc1ncc2cc(-c3c(Cl)c(OC)cc(OC)c3Cl)ccc2n1. The maximum atomic E-state index is 12.2. The van der Waals surface area contributed by atoms with E-state index in [-0.39, 0.29) is 59.6 Å². The molecule has 0 radical (unpaired) electrons. The van der Waals surface area contributed by atoms with Crippen molar-refractivity contribution in [1.82, 2.24) is 60.6 Å². The van der Waals surface area contributed by atoms with Crippen molar-refractivity contribution in [2.45, 2.75) is 63.2 Å². The van der Waals surface area contributed by atoms with Gasteiger partial charge in [-0.05, 0) is 104 Å². The summed E-state index contributed by atoms with van der Waals surface area (Å²) in [7, 11) is 14.9. The molecule has 9 aromatic rings. The Hall–Kier alpha value is -10.3. The maximum Gasteiger partial charge on any atom is 0.243 e. The molecule has 1 saturated carbocycles. The summed E-state index contributed by atoms with van der Waals surface area (Å²) in [4.78, 5) is 70.7. The van der Waals surface area contributed by atoms with Gasteiger partial charge < -0.3 is 73.9 Å². The lowest BCUT2D eigenvalue weighted by Crippen LogP contribution is -2.50. The molecule has 5 heterocycles. The third-order valence-corrected chi connectivity index (χ3v) is 22.6. The Morgan fingerprint density at radius 2 is 0.870 bits per heavy atom. The lowest BCUT2D eigenvalue weighted by atomic mass is 9.80. The minimum Gasteiger partial charge on any atom is -0.495 e. The number of fused-ring (bicyclic) bond motifs is 3. The number of carbonyl (C=O) groups excluding carboxylic acids is 3. The molecule has 4 N–H and O–H groups in total. The quantitative estimate of drug-likeness (QED) is 0.0251. The molecule has 3 fully saturated rings. The van der Waals surface area contributed by atoms with Crippen molar-refractivity contribution in [3.63, 3.8) is 0 Å². The summed E-state index contributed by atoms with van der Waals surface area (Å²) >= 11 is 39.7. The predicted molar refractivity (Wildman–Crippen MR) is 458 cm³/mol. The molecule has 7 atom stereocenters. The van der Waals surface area contributed by atoms with Crippen LogP contribution in [0.15, 0.2) is 166 Å². The molecule has 3 amide bonds. The Bertz CT molecular complexity index is 4880. The lowest BCUT2D eigenvalue weighted by molar-refractivity contribution is -0.118. The molecule has 0 bridgehead atoms. The second-order valence-corrected chi connectivity index (χ2v) is 29.9. The second kappa shape index (κ2) is 39.8. The normalized spacial score (nSPS) is 17.5. The van der Waals surface area contributed by atoms with Gasteiger partial charge >= 0.3 is 0 Å². The topological polar surface area (TPSA) is 260 Å². The van der Waals surface area contributed by atoms with Gasteiger partial charge in [-0.3, -0.25) is 14.4 Å². The van der Waals surface area contributed by atoms with Crippen LogP contribution in [0.25, 0.3) is 66.1 Å². The number of allylic oxidation sites excluding steroid dienone is 1. The minimum absolute atomic E-state index is 0.0429. The number of amides is 3. The molecule has 2 saturated heterocycles. The first-order valence-corrected chi connectivity index (χ1v) is 39.0. The van der Waals surface area contributed by atoms with Gasteiger partial charge in [0.2, 0.25) is 23.7 Å². The van der Waals surface area contributed by atoms with Crippen LogP contribution in [0.4, 0.5) is 5.95 Å². The van der Waals surface area contributed by atoms with Gasteiger partial charge in [-0.25, -0.2) is 29.9 Å². The van der Waals surface area contributed by atoms with Crippen molar-refractivity contribution in [1.29, 1.82) is 0 Å². The van der Waals surface area contributed by atoms with Crippen LogP contribution in [0, 0.1) is 17.8 Å². The predicted octanol–water partition coefficient (Wildman–Crippen LogP) is 16.1. The van der Waals surface area contributed by atoms with E-state index in [4.69, 9.17) is 122 Å². The molecular weight excluding hydrogens is 1590 g/mol. The number of ether oxygens (including phenoxy) is 8. The van der Waals surface area contributed by atoms with Gasteiger partial charge in [-0.15, -0.1) is 0 Å². The molecule has 606 valence electrons. The second-order valence-electron chi connectivity index (χ2n) is 27.6. The van der Waals surface area contributed by atoms with E-state index in [9.17, 15) is 14.4 Å². The van der Waals surface area contributed by atoms with Gasteiger partial charge in [0.05, 0.1) is 115 Å². The first-order valence-electron chi connectivity index (χ1n) is 36.7. The average Bonchev–Trinajstić information content (AvgIpc) is 1.78. The Morgan fingerprint density at radius 3 is 1.24 bits per heavy atom. The summed E-state index contributed by atoms with van der Waals surface area (Å²) in [5.74, 6) is 5.02. The largest absolute Gasteiger partial charge is 0.495 e. The number of halogens is 6. The highest BCUT2D eigenvalue weighted by atomic mass is 35.5. The molecule has 30 heteroatoms. The fourth-order valence-electron chi connectivity index (χ4n) is 14.3. The van der Waals surface area contributed by atoms with Crippen LogP contribution in [0.5, 0.6) is 34.5 Å². The number of nitrogens with one attached hydrogen (secondary N) is 4. The molecule has 24 nitrogen and oxygen atoms in total. The molecule has 115 heavy (non-hydrogen) atoms. The Balaban J connectivity index is 0.000000182. The van der Waals surface area contributed by atoms with Gasteiger partial charge in [0.1, 0.15) is 46.1 Å². The van der Waals surface area contributed by atoms with Crippen molar-refractivity contribution in [3.05, 3.63) is 208 Å². The van der Waals surface area contributed by atoms with Gasteiger partial charge in [-0.2, -0.15) is 0 Å². The van der Waals surface area contributed by atoms with Crippen molar-refractivity contribution in [2.24, 2.45) is 17.8 Å². The van der Waals surface area contributed by atoms with E-state index in [1.165, 1.54) is 32.4 Å². The number of likely N-dealkylation sites (tertiary alicyclic amines) is 2. The Labute approximate surface area is 699 Å². The van der Waals surface area contributed by atoms with Crippen molar-refractivity contribution >= 4 is 126 Å². The van der Waals surface area contributed by atoms with Crippen LogP contribution >= 0.6 is 69.6 Å². The highest BCUT2D eigenvalue weighted by Gasteiger charge is 2.38. The fourth-order valence-corrected chi connectivity index (χ4v) is 16.5. The summed E-state index contributed by atoms with van der Waals surface area (Å²) in [5.41, 5.74) is 8.42. The molecular formula is C85H93Cl6N13O11. The summed E-state index contributed by atoms with van der Waals surface area (Å²) in [6.07, 6.45) is 12.9.